The molecule has 3 aromatic rings. The summed E-state index contributed by atoms with van der Waals surface area (Å²) >= 11 is 0. The summed E-state index contributed by atoms with van der Waals surface area (Å²) in [5.41, 5.74) is 4.83. The molecule has 0 aliphatic heterocycles. The Morgan fingerprint density at radius 3 is 2.18 bits per heavy atom. The zero-order chi connectivity index (χ0) is 25.0. The van der Waals surface area contributed by atoms with Gasteiger partial charge in [0, 0.05) is 29.8 Å². The highest BCUT2D eigenvalue weighted by Gasteiger charge is 2.23. The monoisotopic (exact) mass is 483 g/mol. The lowest BCUT2D eigenvalue weighted by Gasteiger charge is -2.14. The van der Waals surface area contributed by atoms with E-state index in [0.29, 0.717) is 22.5 Å². The fourth-order valence-electron chi connectivity index (χ4n) is 3.12. The van der Waals surface area contributed by atoms with Crippen LogP contribution >= 0.6 is 0 Å². The fourth-order valence-corrected chi connectivity index (χ4v) is 4.43. The number of nitro benzene ring substituents is 2. The number of nitrogens with zero attached hydrogens (tertiary/aromatic N) is 3. The summed E-state index contributed by atoms with van der Waals surface area (Å²) in [6.45, 7) is 5.19. The molecule has 0 spiro atoms. The highest BCUT2D eigenvalue weighted by molar-refractivity contribution is 7.92. The van der Waals surface area contributed by atoms with Gasteiger partial charge >= 0.3 is 0 Å². The second kappa shape index (κ2) is 9.67. The first-order valence-corrected chi connectivity index (χ1v) is 11.4. The lowest BCUT2D eigenvalue weighted by Crippen LogP contribution is -2.16. The van der Waals surface area contributed by atoms with Crippen molar-refractivity contribution in [1.82, 2.24) is 0 Å². The highest BCUT2D eigenvalue weighted by Crippen LogP contribution is 2.29. The molecule has 0 saturated carbocycles. The van der Waals surface area contributed by atoms with E-state index in [2.05, 4.69) is 15.2 Å². The van der Waals surface area contributed by atoms with E-state index >= 15 is 0 Å². The van der Waals surface area contributed by atoms with Crippen LogP contribution in [0, 0.1) is 34.1 Å². The molecule has 176 valence electrons. The third-order valence-corrected chi connectivity index (χ3v) is 6.32. The van der Waals surface area contributed by atoms with Crippen LogP contribution in [0.1, 0.15) is 23.6 Å². The summed E-state index contributed by atoms with van der Waals surface area (Å²) in [5, 5.41) is 26.4. The summed E-state index contributed by atoms with van der Waals surface area (Å²) in [6, 6.07) is 14.3. The minimum Gasteiger partial charge on any atom is -0.279 e. The largest absolute Gasteiger partial charge is 0.279 e. The molecule has 11 nitrogen and oxygen atoms in total. The first kappa shape index (κ1) is 24.3. The van der Waals surface area contributed by atoms with Gasteiger partial charge in [-0.3, -0.25) is 30.4 Å². The molecular weight excluding hydrogens is 462 g/mol. The molecule has 0 atom stereocenters. The van der Waals surface area contributed by atoms with E-state index < -0.39 is 25.6 Å². The number of hydrogen-bond donors (Lipinski definition) is 2. The summed E-state index contributed by atoms with van der Waals surface area (Å²) in [4.78, 5) is 20.7. The van der Waals surface area contributed by atoms with Crippen molar-refractivity contribution < 1.29 is 18.3 Å². The Labute approximate surface area is 195 Å². The Morgan fingerprint density at radius 1 is 0.882 bits per heavy atom. The van der Waals surface area contributed by atoms with Gasteiger partial charge in [-0.05, 0) is 38.5 Å². The fraction of sp³-hybridized carbons (Fsp3) is 0.136. The van der Waals surface area contributed by atoms with Crippen LogP contribution in [0.4, 0.5) is 22.7 Å². The quantitative estimate of drug-likeness (QED) is 0.266. The Hall–Kier alpha value is -4.32. The number of hydrogen-bond acceptors (Lipinski definition) is 8. The van der Waals surface area contributed by atoms with Gasteiger partial charge in [0.05, 0.1) is 26.9 Å². The second-order valence-corrected chi connectivity index (χ2v) is 9.13. The van der Waals surface area contributed by atoms with Crippen LogP contribution in [0.5, 0.6) is 0 Å². The number of benzene rings is 3. The van der Waals surface area contributed by atoms with Gasteiger partial charge < -0.3 is 0 Å². The molecule has 0 amide bonds. The van der Waals surface area contributed by atoms with E-state index in [9.17, 15) is 28.6 Å². The first-order chi connectivity index (χ1) is 16.0. The van der Waals surface area contributed by atoms with Crippen molar-refractivity contribution in [2.45, 2.75) is 25.7 Å². The van der Waals surface area contributed by atoms with Gasteiger partial charge in [-0.15, -0.1) is 0 Å². The molecule has 0 heterocycles. The summed E-state index contributed by atoms with van der Waals surface area (Å²) in [5.74, 6) is 0. The minimum atomic E-state index is -4.24. The smallest absolute Gasteiger partial charge is 0.270 e. The van der Waals surface area contributed by atoms with Gasteiger partial charge in [0.25, 0.3) is 21.4 Å². The SMILES string of the molecule is CC(=NNc1ccc([N+](=O)[O-])cc1S(=O)(=O)Nc1ccc(C)cc1C)c1cccc([N+](=O)[O-])c1. The van der Waals surface area contributed by atoms with E-state index in [1.54, 1.807) is 38.1 Å². The number of non-ortho nitro benzene ring substituents is 2. The van der Waals surface area contributed by atoms with Gasteiger partial charge in [-0.25, -0.2) is 8.42 Å². The molecular formula is C22H21N5O6S. The molecule has 0 aliphatic carbocycles. The average molecular weight is 484 g/mol. The zero-order valence-electron chi connectivity index (χ0n) is 18.5. The number of anilines is 2. The van der Waals surface area contributed by atoms with Crippen LogP contribution < -0.4 is 10.1 Å². The van der Waals surface area contributed by atoms with Crippen molar-refractivity contribution in [3.05, 3.63) is 97.6 Å². The Morgan fingerprint density at radius 2 is 1.53 bits per heavy atom. The van der Waals surface area contributed by atoms with E-state index in [-0.39, 0.29) is 16.3 Å². The van der Waals surface area contributed by atoms with Crippen molar-refractivity contribution in [3.8, 4) is 0 Å². The third kappa shape index (κ3) is 5.53. The molecule has 0 bridgehead atoms. The Bertz CT molecular complexity index is 1420. The van der Waals surface area contributed by atoms with Crippen molar-refractivity contribution >= 4 is 38.5 Å². The van der Waals surface area contributed by atoms with Crippen molar-refractivity contribution in [2.75, 3.05) is 10.1 Å². The predicted octanol–water partition coefficient (Wildman–Crippen LogP) is 4.76. The number of aryl methyl sites for hydroxylation is 2. The molecule has 0 aliphatic rings. The zero-order valence-corrected chi connectivity index (χ0v) is 19.3. The van der Waals surface area contributed by atoms with Gasteiger partial charge in [-0.1, -0.05) is 29.8 Å². The summed E-state index contributed by atoms with van der Waals surface area (Å²) < 4.78 is 28.8. The van der Waals surface area contributed by atoms with Crippen molar-refractivity contribution in [2.24, 2.45) is 5.10 Å². The van der Waals surface area contributed by atoms with Crippen LogP contribution in [-0.2, 0) is 10.0 Å². The predicted molar refractivity (Wildman–Crippen MR) is 129 cm³/mol. The van der Waals surface area contributed by atoms with E-state index in [4.69, 9.17) is 0 Å². The molecule has 2 N–H and O–H groups in total. The lowest BCUT2D eigenvalue weighted by atomic mass is 10.1. The maximum absolute atomic E-state index is 13.2. The molecule has 0 saturated heterocycles. The molecule has 34 heavy (non-hydrogen) atoms. The number of nitrogens with one attached hydrogen (secondary N) is 2. The Kier molecular flexibility index (Phi) is 6.92. The molecule has 0 aromatic heterocycles. The molecule has 3 aromatic carbocycles. The average Bonchev–Trinajstić information content (AvgIpc) is 2.79. The van der Waals surface area contributed by atoms with E-state index in [1.165, 1.54) is 24.3 Å². The summed E-state index contributed by atoms with van der Waals surface area (Å²) in [7, 11) is -4.24. The van der Waals surface area contributed by atoms with Gasteiger partial charge in [0.2, 0.25) is 0 Å². The van der Waals surface area contributed by atoms with Crippen LogP contribution in [0.15, 0.2) is 70.7 Å². The first-order valence-electron chi connectivity index (χ1n) is 9.91. The molecule has 12 heteroatoms. The summed E-state index contributed by atoms with van der Waals surface area (Å²) in [6.07, 6.45) is 0. The third-order valence-electron chi connectivity index (χ3n) is 4.91. The number of nitro groups is 2. The van der Waals surface area contributed by atoms with E-state index in [1.807, 2.05) is 6.92 Å². The van der Waals surface area contributed by atoms with E-state index in [0.717, 1.165) is 17.7 Å². The maximum Gasteiger partial charge on any atom is 0.270 e. The van der Waals surface area contributed by atoms with Gasteiger partial charge in [0.15, 0.2) is 0 Å². The van der Waals surface area contributed by atoms with Crippen LogP contribution in [0.3, 0.4) is 0 Å². The normalized spacial score (nSPS) is 11.7. The number of hydrazone groups is 1. The molecule has 0 fully saturated rings. The molecule has 0 unspecified atom stereocenters. The number of sulfonamides is 1. The van der Waals surface area contributed by atoms with Crippen molar-refractivity contribution in [3.63, 3.8) is 0 Å². The van der Waals surface area contributed by atoms with Gasteiger partial charge in [-0.2, -0.15) is 5.10 Å². The highest BCUT2D eigenvalue weighted by atomic mass is 32.2. The van der Waals surface area contributed by atoms with Crippen LogP contribution in [0.2, 0.25) is 0 Å². The van der Waals surface area contributed by atoms with Gasteiger partial charge in [0.1, 0.15) is 4.90 Å². The molecule has 0 radical (unpaired) electrons. The molecule has 3 rings (SSSR count). The minimum absolute atomic E-state index is 0.00681. The van der Waals surface area contributed by atoms with Crippen LogP contribution in [-0.4, -0.2) is 24.0 Å². The lowest BCUT2D eigenvalue weighted by molar-refractivity contribution is -0.385. The maximum atomic E-state index is 13.2. The van der Waals surface area contributed by atoms with Crippen molar-refractivity contribution in [1.29, 1.82) is 0 Å². The topological polar surface area (TPSA) is 157 Å². The van der Waals surface area contributed by atoms with Crippen LogP contribution in [0.25, 0.3) is 0 Å². The number of rotatable bonds is 8. The second-order valence-electron chi connectivity index (χ2n) is 7.48. The Balaban J connectivity index is 2.00. The standard InChI is InChI=1S/C22H21N5O6S/c1-14-7-9-20(15(2)11-14)25-34(32,33)22-13-19(27(30)31)8-10-21(22)24-23-16(3)17-5-4-6-18(12-17)26(28)29/h4-13,24-25H,1-3H3.